The first-order chi connectivity index (χ1) is 14.0. The largest absolute Gasteiger partial charge is 0.416 e. The third kappa shape index (κ3) is 4.59. The normalized spacial score (nSPS) is 15.8. The lowest BCUT2D eigenvalue weighted by atomic mass is 10.1. The molecule has 0 aliphatic carbocycles. The maximum Gasteiger partial charge on any atom is 0.416 e. The maximum atomic E-state index is 12.9. The Morgan fingerprint density at radius 1 is 0.967 bits per heavy atom. The van der Waals surface area contributed by atoms with Gasteiger partial charge in [0.2, 0.25) is 10.0 Å². The van der Waals surface area contributed by atoms with Crippen molar-refractivity contribution in [3.63, 3.8) is 0 Å². The Kier molecular flexibility index (Phi) is 6.09. The maximum absolute atomic E-state index is 12.9. The Labute approximate surface area is 173 Å². The Balaban J connectivity index is 1.72. The highest BCUT2D eigenvalue weighted by molar-refractivity contribution is 7.89. The van der Waals surface area contributed by atoms with Crippen LogP contribution < -0.4 is 4.90 Å². The molecule has 1 amide bonds. The number of nitrogens with zero attached hydrogens (tertiary/aromatic N) is 3. The SMILES string of the molecule is CN(C)c1cccc(C(=O)N2CCN(S(=O)(=O)c3cccc(C(F)(F)F)c3)CC2)c1. The van der Waals surface area contributed by atoms with Gasteiger partial charge in [-0.05, 0) is 36.4 Å². The van der Waals surface area contributed by atoms with E-state index in [1.54, 1.807) is 23.1 Å². The molecule has 3 rings (SSSR count). The molecule has 10 heteroatoms. The zero-order chi connectivity index (χ0) is 22.1. The molecule has 0 spiro atoms. The highest BCUT2D eigenvalue weighted by Gasteiger charge is 2.34. The van der Waals surface area contributed by atoms with Crippen LogP contribution >= 0.6 is 0 Å². The van der Waals surface area contributed by atoms with E-state index in [4.69, 9.17) is 0 Å². The van der Waals surface area contributed by atoms with Crippen molar-refractivity contribution in [1.29, 1.82) is 0 Å². The van der Waals surface area contributed by atoms with E-state index in [0.717, 1.165) is 28.2 Å². The molecule has 1 saturated heterocycles. The van der Waals surface area contributed by atoms with Gasteiger partial charge >= 0.3 is 6.18 Å². The van der Waals surface area contributed by atoms with Crippen molar-refractivity contribution in [3.8, 4) is 0 Å². The Morgan fingerprint density at radius 3 is 2.20 bits per heavy atom. The summed E-state index contributed by atoms with van der Waals surface area (Å²) in [7, 11) is -0.364. The van der Waals surface area contributed by atoms with Crippen LogP contribution in [0, 0.1) is 0 Å². The number of sulfonamides is 1. The zero-order valence-electron chi connectivity index (χ0n) is 16.6. The van der Waals surface area contributed by atoms with E-state index in [1.807, 2.05) is 25.1 Å². The summed E-state index contributed by atoms with van der Waals surface area (Å²) in [5.74, 6) is -0.213. The van der Waals surface area contributed by atoms with Crippen molar-refractivity contribution in [3.05, 3.63) is 59.7 Å². The summed E-state index contributed by atoms with van der Waals surface area (Å²) < 4.78 is 65.4. The van der Waals surface area contributed by atoms with Gasteiger partial charge in [-0.25, -0.2) is 8.42 Å². The number of carbonyl (C=O) groups is 1. The topological polar surface area (TPSA) is 60.9 Å². The monoisotopic (exact) mass is 441 g/mol. The Morgan fingerprint density at radius 2 is 1.60 bits per heavy atom. The van der Waals surface area contributed by atoms with Crippen molar-refractivity contribution >= 4 is 21.6 Å². The van der Waals surface area contributed by atoms with Gasteiger partial charge in [-0.2, -0.15) is 17.5 Å². The van der Waals surface area contributed by atoms with Gasteiger partial charge in [0.25, 0.3) is 5.91 Å². The van der Waals surface area contributed by atoms with E-state index in [2.05, 4.69) is 0 Å². The fourth-order valence-electron chi connectivity index (χ4n) is 3.21. The van der Waals surface area contributed by atoms with Crippen molar-refractivity contribution in [2.24, 2.45) is 0 Å². The highest BCUT2D eigenvalue weighted by Crippen LogP contribution is 2.31. The summed E-state index contributed by atoms with van der Waals surface area (Å²) in [4.78, 5) is 15.8. The van der Waals surface area contributed by atoms with Gasteiger partial charge in [-0.15, -0.1) is 0 Å². The van der Waals surface area contributed by atoms with Crippen molar-refractivity contribution in [2.75, 3.05) is 45.2 Å². The number of hydrogen-bond acceptors (Lipinski definition) is 4. The molecule has 1 heterocycles. The first-order valence-electron chi connectivity index (χ1n) is 9.24. The number of rotatable bonds is 4. The van der Waals surface area contributed by atoms with Crippen molar-refractivity contribution in [2.45, 2.75) is 11.1 Å². The molecule has 0 radical (unpaired) electrons. The van der Waals surface area contributed by atoms with E-state index in [1.165, 1.54) is 0 Å². The summed E-state index contributed by atoms with van der Waals surface area (Å²) in [5, 5.41) is 0. The smallest absolute Gasteiger partial charge is 0.378 e. The molecule has 162 valence electrons. The third-order valence-electron chi connectivity index (χ3n) is 4.93. The van der Waals surface area contributed by atoms with Crippen LogP contribution in [0.1, 0.15) is 15.9 Å². The Hall–Kier alpha value is -2.59. The molecule has 1 aliphatic rings. The number of carbonyl (C=O) groups excluding carboxylic acids is 1. The summed E-state index contributed by atoms with van der Waals surface area (Å²) >= 11 is 0. The van der Waals surface area contributed by atoms with Crippen LogP contribution in [-0.4, -0.2) is 63.8 Å². The van der Waals surface area contributed by atoms with Gasteiger partial charge in [0.05, 0.1) is 10.5 Å². The molecule has 1 fully saturated rings. The molecule has 6 nitrogen and oxygen atoms in total. The van der Waals surface area contributed by atoms with E-state index in [9.17, 15) is 26.4 Å². The number of benzene rings is 2. The molecule has 1 aliphatic heterocycles. The fourth-order valence-corrected chi connectivity index (χ4v) is 4.68. The summed E-state index contributed by atoms with van der Waals surface area (Å²) in [6.07, 6.45) is -4.63. The molecule has 0 atom stereocenters. The second-order valence-electron chi connectivity index (χ2n) is 7.17. The molecule has 0 saturated carbocycles. The van der Waals surface area contributed by atoms with E-state index >= 15 is 0 Å². The second-order valence-corrected chi connectivity index (χ2v) is 9.10. The van der Waals surface area contributed by atoms with Crippen LogP contribution in [0.25, 0.3) is 0 Å². The average Bonchev–Trinajstić information content (AvgIpc) is 2.73. The molecule has 30 heavy (non-hydrogen) atoms. The van der Waals surface area contributed by atoms with Crippen molar-refractivity contribution < 1.29 is 26.4 Å². The third-order valence-corrected chi connectivity index (χ3v) is 6.83. The predicted molar refractivity (Wildman–Crippen MR) is 107 cm³/mol. The standard InChI is InChI=1S/C20H22F3N3O3S/c1-24(2)17-7-3-5-15(13-17)19(27)25-9-11-26(12-10-25)30(28,29)18-8-4-6-16(14-18)20(21,22)23/h3-8,13-14H,9-12H2,1-2H3. The minimum absolute atomic E-state index is 0.0116. The minimum Gasteiger partial charge on any atom is -0.378 e. The second kappa shape index (κ2) is 8.27. The zero-order valence-corrected chi connectivity index (χ0v) is 17.4. The molecular formula is C20H22F3N3O3S. The molecule has 2 aromatic rings. The fraction of sp³-hybridized carbons (Fsp3) is 0.350. The highest BCUT2D eigenvalue weighted by atomic mass is 32.2. The van der Waals surface area contributed by atoms with Crippen LogP contribution in [0.5, 0.6) is 0 Å². The lowest BCUT2D eigenvalue weighted by Crippen LogP contribution is -2.50. The number of piperazine rings is 1. The first kappa shape index (κ1) is 22.1. The molecular weight excluding hydrogens is 419 g/mol. The van der Waals surface area contributed by atoms with Crippen LogP contribution in [0.3, 0.4) is 0 Å². The molecule has 0 unspecified atom stereocenters. The molecule has 0 N–H and O–H groups in total. The number of halogens is 3. The Bertz CT molecular complexity index is 1030. The summed E-state index contributed by atoms with van der Waals surface area (Å²) in [6, 6.07) is 10.8. The van der Waals surface area contributed by atoms with Gasteiger partial charge in [0.15, 0.2) is 0 Å². The van der Waals surface area contributed by atoms with E-state index in [-0.39, 0.29) is 32.1 Å². The number of alkyl halides is 3. The number of anilines is 1. The molecule has 0 bridgehead atoms. The van der Waals surface area contributed by atoms with Crippen LogP contribution in [0.15, 0.2) is 53.4 Å². The van der Waals surface area contributed by atoms with Gasteiger partial charge < -0.3 is 9.80 Å². The van der Waals surface area contributed by atoms with Gasteiger partial charge in [0.1, 0.15) is 0 Å². The van der Waals surface area contributed by atoms with Crippen LogP contribution in [0.2, 0.25) is 0 Å². The first-order valence-corrected chi connectivity index (χ1v) is 10.7. The number of hydrogen-bond donors (Lipinski definition) is 0. The van der Waals surface area contributed by atoms with Crippen LogP contribution in [-0.2, 0) is 16.2 Å². The van der Waals surface area contributed by atoms with E-state index < -0.39 is 26.7 Å². The molecule has 0 aromatic heterocycles. The minimum atomic E-state index is -4.63. The van der Waals surface area contributed by atoms with Gasteiger partial charge in [-0.1, -0.05) is 12.1 Å². The van der Waals surface area contributed by atoms with E-state index in [0.29, 0.717) is 11.6 Å². The number of amides is 1. The lowest BCUT2D eigenvalue weighted by Gasteiger charge is -2.34. The summed E-state index contributed by atoms with van der Waals surface area (Å²) in [5.41, 5.74) is 0.347. The summed E-state index contributed by atoms with van der Waals surface area (Å²) in [6.45, 7) is 0.335. The quantitative estimate of drug-likeness (QED) is 0.732. The molecule has 2 aromatic carbocycles. The predicted octanol–water partition coefficient (Wildman–Crippen LogP) is 2.92. The average molecular weight is 441 g/mol. The van der Waals surface area contributed by atoms with Crippen molar-refractivity contribution in [1.82, 2.24) is 9.21 Å². The van der Waals surface area contributed by atoms with Crippen LogP contribution in [0.4, 0.5) is 18.9 Å². The lowest BCUT2D eigenvalue weighted by molar-refractivity contribution is -0.137. The van der Waals surface area contributed by atoms with Gasteiger partial charge in [-0.3, -0.25) is 4.79 Å². The van der Waals surface area contributed by atoms with Gasteiger partial charge in [0, 0.05) is 51.5 Å².